The Bertz CT molecular complexity index is 399. The first-order chi connectivity index (χ1) is 9.58. The number of rotatable bonds is 8. The molecule has 2 N–H and O–H groups in total. The Morgan fingerprint density at radius 2 is 1.85 bits per heavy atom. The predicted octanol–water partition coefficient (Wildman–Crippen LogP) is 2.38. The largest absolute Gasteiger partial charge is 0.466 e. The van der Waals surface area contributed by atoms with E-state index in [0.717, 1.165) is 19.3 Å². The maximum Gasteiger partial charge on any atom is 0.308 e. The van der Waals surface area contributed by atoms with E-state index < -0.39 is 18.2 Å². The molecule has 0 aromatic heterocycles. The number of aryl methyl sites for hydroxylation is 1. The standard InChI is InChI=1S/C16H24O4/c1-3-5-6-12-7-9-13(10-8-12)16(19)14(17)11-15(18)20-4-2/h7-10,14,16-17,19H,3-6,11H2,1-2H3. The molecule has 0 fully saturated rings. The van der Waals surface area contributed by atoms with Crippen LogP contribution in [0.1, 0.15) is 50.3 Å². The highest BCUT2D eigenvalue weighted by Crippen LogP contribution is 2.20. The molecule has 2 atom stereocenters. The molecule has 0 saturated carbocycles. The quantitative estimate of drug-likeness (QED) is 0.717. The molecule has 1 aromatic rings. The van der Waals surface area contributed by atoms with Crippen LogP contribution >= 0.6 is 0 Å². The van der Waals surface area contributed by atoms with Crippen molar-refractivity contribution in [3.05, 3.63) is 35.4 Å². The van der Waals surface area contributed by atoms with Gasteiger partial charge in [0.1, 0.15) is 6.10 Å². The average Bonchev–Trinajstić information content (AvgIpc) is 2.45. The number of benzene rings is 1. The summed E-state index contributed by atoms with van der Waals surface area (Å²) in [6.45, 7) is 4.12. The van der Waals surface area contributed by atoms with Gasteiger partial charge >= 0.3 is 5.97 Å². The zero-order valence-corrected chi connectivity index (χ0v) is 12.2. The van der Waals surface area contributed by atoms with Crippen LogP contribution in [0.2, 0.25) is 0 Å². The van der Waals surface area contributed by atoms with E-state index in [2.05, 4.69) is 6.92 Å². The van der Waals surface area contributed by atoms with Gasteiger partial charge in [0, 0.05) is 0 Å². The highest BCUT2D eigenvalue weighted by atomic mass is 16.5. The van der Waals surface area contributed by atoms with E-state index in [9.17, 15) is 15.0 Å². The van der Waals surface area contributed by atoms with Gasteiger partial charge in [-0.25, -0.2) is 0 Å². The van der Waals surface area contributed by atoms with Gasteiger partial charge in [0.15, 0.2) is 0 Å². The van der Waals surface area contributed by atoms with Gasteiger partial charge in [0.05, 0.1) is 19.1 Å². The second-order valence-electron chi connectivity index (χ2n) is 4.87. The SMILES string of the molecule is CCCCc1ccc(C(O)C(O)CC(=O)OCC)cc1. The lowest BCUT2D eigenvalue weighted by Gasteiger charge is -2.17. The van der Waals surface area contributed by atoms with E-state index in [1.165, 1.54) is 5.56 Å². The molecule has 2 unspecified atom stereocenters. The zero-order chi connectivity index (χ0) is 15.0. The van der Waals surface area contributed by atoms with Crippen LogP contribution in [-0.2, 0) is 16.0 Å². The van der Waals surface area contributed by atoms with Crippen molar-refractivity contribution in [2.24, 2.45) is 0 Å². The van der Waals surface area contributed by atoms with Crippen LogP contribution in [0.15, 0.2) is 24.3 Å². The van der Waals surface area contributed by atoms with Crippen LogP contribution < -0.4 is 0 Å². The second kappa shape index (κ2) is 8.72. The maximum absolute atomic E-state index is 11.3. The van der Waals surface area contributed by atoms with Gasteiger partial charge in [-0.2, -0.15) is 0 Å². The summed E-state index contributed by atoms with van der Waals surface area (Å²) in [7, 11) is 0. The Balaban J connectivity index is 2.57. The van der Waals surface area contributed by atoms with Gasteiger partial charge in [-0.05, 0) is 30.9 Å². The Labute approximate surface area is 120 Å². The molecule has 4 heteroatoms. The molecule has 0 amide bonds. The molecule has 1 rings (SSSR count). The Hall–Kier alpha value is -1.39. The topological polar surface area (TPSA) is 66.8 Å². The molecule has 1 aromatic carbocycles. The maximum atomic E-state index is 11.3. The zero-order valence-electron chi connectivity index (χ0n) is 12.2. The molecular formula is C16H24O4. The summed E-state index contributed by atoms with van der Waals surface area (Å²) in [5.74, 6) is -0.501. The van der Waals surface area contributed by atoms with Crippen molar-refractivity contribution >= 4 is 5.97 Å². The molecule has 0 saturated heterocycles. The first-order valence-electron chi connectivity index (χ1n) is 7.19. The number of carbonyl (C=O) groups excluding carboxylic acids is 1. The molecule has 0 aliphatic rings. The molecule has 0 aliphatic heterocycles. The summed E-state index contributed by atoms with van der Waals surface area (Å²) in [4.78, 5) is 11.3. The number of hydrogen-bond donors (Lipinski definition) is 2. The van der Waals surface area contributed by atoms with Crippen molar-refractivity contribution in [3.63, 3.8) is 0 Å². The lowest BCUT2D eigenvalue weighted by Crippen LogP contribution is -2.23. The highest BCUT2D eigenvalue weighted by Gasteiger charge is 2.21. The summed E-state index contributed by atoms with van der Waals surface area (Å²) in [6, 6.07) is 7.49. The first kappa shape index (κ1) is 16.7. The number of unbranched alkanes of at least 4 members (excludes halogenated alkanes) is 1. The van der Waals surface area contributed by atoms with Crippen LogP contribution in [0.25, 0.3) is 0 Å². The van der Waals surface area contributed by atoms with Gasteiger partial charge in [-0.3, -0.25) is 4.79 Å². The minimum absolute atomic E-state index is 0.202. The average molecular weight is 280 g/mol. The molecule has 0 aliphatic carbocycles. The van der Waals surface area contributed by atoms with Gasteiger partial charge in [-0.1, -0.05) is 37.6 Å². The molecule has 0 radical (unpaired) electrons. The van der Waals surface area contributed by atoms with Crippen molar-refractivity contribution in [1.82, 2.24) is 0 Å². The number of aliphatic hydroxyl groups is 2. The van der Waals surface area contributed by atoms with Gasteiger partial charge in [-0.15, -0.1) is 0 Å². The van der Waals surface area contributed by atoms with Crippen LogP contribution in [0, 0.1) is 0 Å². The minimum Gasteiger partial charge on any atom is -0.466 e. The monoisotopic (exact) mass is 280 g/mol. The number of hydrogen-bond acceptors (Lipinski definition) is 4. The van der Waals surface area contributed by atoms with Crippen LogP contribution in [0.5, 0.6) is 0 Å². The normalized spacial score (nSPS) is 13.8. The molecule has 112 valence electrons. The predicted molar refractivity (Wildman–Crippen MR) is 77.3 cm³/mol. The summed E-state index contributed by atoms with van der Waals surface area (Å²) >= 11 is 0. The molecular weight excluding hydrogens is 256 g/mol. The minimum atomic E-state index is -1.14. The van der Waals surface area contributed by atoms with Crippen molar-refractivity contribution in [2.75, 3.05) is 6.61 Å². The second-order valence-corrected chi connectivity index (χ2v) is 4.87. The molecule has 4 nitrogen and oxygen atoms in total. The summed E-state index contributed by atoms with van der Waals surface area (Å²) in [5, 5.41) is 19.8. The fraction of sp³-hybridized carbons (Fsp3) is 0.562. The van der Waals surface area contributed by atoms with Crippen molar-refractivity contribution < 1.29 is 19.7 Å². The highest BCUT2D eigenvalue weighted by molar-refractivity contribution is 5.70. The summed E-state index contributed by atoms with van der Waals surface area (Å²) < 4.78 is 4.75. The van der Waals surface area contributed by atoms with E-state index in [-0.39, 0.29) is 13.0 Å². The van der Waals surface area contributed by atoms with E-state index >= 15 is 0 Å². The Kier molecular flexibility index (Phi) is 7.26. The molecule has 0 heterocycles. The fourth-order valence-electron chi connectivity index (χ4n) is 1.99. The third-order valence-corrected chi connectivity index (χ3v) is 3.19. The summed E-state index contributed by atoms with van der Waals surface area (Å²) in [5.41, 5.74) is 1.82. The molecule has 20 heavy (non-hydrogen) atoms. The lowest BCUT2D eigenvalue weighted by atomic mass is 9.99. The lowest BCUT2D eigenvalue weighted by molar-refractivity contribution is -0.147. The van der Waals surface area contributed by atoms with E-state index in [0.29, 0.717) is 5.56 Å². The van der Waals surface area contributed by atoms with Crippen LogP contribution in [0.4, 0.5) is 0 Å². The van der Waals surface area contributed by atoms with E-state index in [4.69, 9.17) is 4.74 Å². The third kappa shape index (κ3) is 5.31. The third-order valence-electron chi connectivity index (χ3n) is 3.19. The van der Waals surface area contributed by atoms with E-state index in [1.807, 2.05) is 12.1 Å². The van der Waals surface area contributed by atoms with Gasteiger partial charge in [0.25, 0.3) is 0 Å². The van der Waals surface area contributed by atoms with Crippen molar-refractivity contribution in [2.45, 2.75) is 51.7 Å². The molecule has 0 bridgehead atoms. The smallest absolute Gasteiger partial charge is 0.308 e. The summed E-state index contributed by atoms with van der Waals surface area (Å²) in [6.07, 6.45) is 0.871. The van der Waals surface area contributed by atoms with Crippen molar-refractivity contribution in [3.8, 4) is 0 Å². The Morgan fingerprint density at radius 1 is 1.20 bits per heavy atom. The van der Waals surface area contributed by atoms with Crippen LogP contribution in [-0.4, -0.2) is 28.9 Å². The Morgan fingerprint density at radius 3 is 2.40 bits per heavy atom. The number of ether oxygens (including phenoxy) is 1. The van der Waals surface area contributed by atoms with Crippen molar-refractivity contribution in [1.29, 1.82) is 0 Å². The number of carbonyl (C=O) groups is 1. The van der Waals surface area contributed by atoms with E-state index in [1.54, 1.807) is 19.1 Å². The number of esters is 1. The first-order valence-corrected chi connectivity index (χ1v) is 7.19. The van der Waals surface area contributed by atoms with Gasteiger partial charge in [0.2, 0.25) is 0 Å². The van der Waals surface area contributed by atoms with Gasteiger partial charge < -0.3 is 14.9 Å². The fourth-order valence-corrected chi connectivity index (χ4v) is 1.99. The molecule has 0 spiro atoms. The number of aliphatic hydroxyl groups excluding tert-OH is 2. The van der Waals surface area contributed by atoms with Crippen LogP contribution in [0.3, 0.4) is 0 Å².